The van der Waals surface area contributed by atoms with Crippen molar-refractivity contribution in [3.63, 3.8) is 0 Å². The maximum absolute atomic E-state index is 12.9. The van der Waals surface area contributed by atoms with E-state index in [0.717, 1.165) is 63.6 Å². The fourth-order valence-electron chi connectivity index (χ4n) is 3.37. The van der Waals surface area contributed by atoms with Gasteiger partial charge in [-0.05, 0) is 48.9 Å². The van der Waals surface area contributed by atoms with E-state index < -0.39 is 15.9 Å². The molecule has 2 heterocycles. The molecule has 0 bridgehead atoms. The second-order valence-electron chi connectivity index (χ2n) is 6.11. The molecule has 0 saturated heterocycles. The van der Waals surface area contributed by atoms with Gasteiger partial charge in [-0.15, -0.1) is 11.3 Å². The Kier molecular flexibility index (Phi) is 3.92. The van der Waals surface area contributed by atoms with Gasteiger partial charge < -0.3 is 4.42 Å². The Balaban J connectivity index is 1.87. The number of sulfonamides is 1. The molecule has 1 aromatic carbocycles. The maximum atomic E-state index is 12.9. The number of anilines is 1. The summed E-state index contributed by atoms with van der Waals surface area (Å²) < 4.78 is 32.7. The largest absolute Gasteiger partial charge is 0.461 e. The highest BCUT2D eigenvalue weighted by Gasteiger charge is 2.30. The number of hydrogen-bond donors (Lipinski definition) is 0. The van der Waals surface area contributed by atoms with E-state index in [-0.39, 0.29) is 4.21 Å². The highest BCUT2D eigenvalue weighted by Crippen LogP contribution is 2.35. The van der Waals surface area contributed by atoms with E-state index in [1.807, 2.05) is 0 Å². The van der Waals surface area contributed by atoms with Crippen LogP contribution in [0, 0.1) is 0 Å². The minimum Gasteiger partial charge on any atom is -0.461 e. The van der Waals surface area contributed by atoms with E-state index >= 15 is 0 Å². The number of rotatable bonds is 3. The van der Waals surface area contributed by atoms with Crippen LogP contribution in [0.2, 0.25) is 0 Å². The van der Waals surface area contributed by atoms with Gasteiger partial charge in [0, 0.05) is 24.3 Å². The summed E-state index contributed by atoms with van der Waals surface area (Å²) >= 11 is 1.10. The molecule has 0 radical (unpaired) electrons. The molecule has 130 valence electrons. The summed E-state index contributed by atoms with van der Waals surface area (Å²) in [6, 6.07) is 8.31. The van der Waals surface area contributed by atoms with Crippen LogP contribution in [-0.4, -0.2) is 14.3 Å². The molecule has 0 atom stereocenters. The van der Waals surface area contributed by atoms with Crippen molar-refractivity contribution in [2.75, 3.05) is 4.31 Å². The third-order valence-corrected chi connectivity index (χ3v) is 7.62. The van der Waals surface area contributed by atoms with Gasteiger partial charge in [0.2, 0.25) is 5.91 Å². The second kappa shape index (κ2) is 6.00. The molecule has 2 aromatic heterocycles. The lowest BCUT2D eigenvalue weighted by molar-refractivity contribution is -0.115. The Bertz CT molecular complexity index is 1050. The molecule has 0 aliphatic heterocycles. The van der Waals surface area contributed by atoms with Gasteiger partial charge in [-0.2, -0.15) is 8.42 Å². The predicted octanol–water partition coefficient (Wildman–Crippen LogP) is 4.11. The van der Waals surface area contributed by atoms with Crippen molar-refractivity contribution in [2.24, 2.45) is 0 Å². The standard InChI is InChI=1S/C18H17NO4S2/c1-12(20)19(25(21,22)18-7-4-10-24-18)13-8-9-17-15(11-13)14-5-2-3-6-16(14)23-17/h4,7-11H,2-3,5-6H2,1H3. The van der Waals surface area contributed by atoms with E-state index in [4.69, 9.17) is 4.42 Å². The molecule has 5 nitrogen and oxygen atoms in total. The van der Waals surface area contributed by atoms with Crippen molar-refractivity contribution >= 4 is 43.9 Å². The fraction of sp³-hybridized carbons (Fsp3) is 0.278. The third kappa shape index (κ3) is 2.67. The SMILES string of the molecule is CC(=O)N(c1ccc2oc3c(c2c1)CCCC3)S(=O)(=O)c1cccs1. The molecule has 0 N–H and O–H groups in total. The Hall–Kier alpha value is -2.12. The van der Waals surface area contributed by atoms with Crippen LogP contribution >= 0.6 is 11.3 Å². The molecule has 4 rings (SSSR count). The predicted molar refractivity (Wildman–Crippen MR) is 97.5 cm³/mol. The number of benzene rings is 1. The zero-order chi connectivity index (χ0) is 17.6. The molecule has 1 aliphatic rings. The number of fused-ring (bicyclic) bond motifs is 3. The first kappa shape index (κ1) is 16.4. The van der Waals surface area contributed by atoms with Gasteiger partial charge in [0.05, 0.1) is 5.69 Å². The fourth-order valence-corrected chi connectivity index (χ4v) is 5.85. The first-order valence-corrected chi connectivity index (χ1v) is 10.4. The first-order chi connectivity index (χ1) is 12.0. The molecule has 25 heavy (non-hydrogen) atoms. The van der Waals surface area contributed by atoms with E-state index in [1.54, 1.807) is 29.6 Å². The van der Waals surface area contributed by atoms with E-state index in [0.29, 0.717) is 5.69 Å². The normalized spacial score (nSPS) is 14.4. The molecule has 1 amide bonds. The molecular formula is C18H17NO4S2. The lowest BCUT2D eigenvalue weighted by Gasteiger charge is -2.20. The quantitative estimate of drug-likeness (QED) is 0.691. The minimum absolute atomic E-state index is 0.150. The van der Waals surface area contributed by atoms with E-state index in [1.165, 1.54) is 13.0 Å². The Morgan fingerprint density at radius 2 is 2.00 bits per heavy atom. The summed E-state index contributed by atoms with van der Waals surface area (Å²) in [5.41, 5.74) is 2.23. The van der Waals surface area contributed by atoms with Gasteiger partial charge in [0.1, 0.15) is 15.6 Å². The molecular weight excluding hydrogens is 358 g/mol. The maximum Gasteiger partial charge on any atom is 0.280 e. The zero-order valence-electron chi connectivity index (χ0n) is 13.7. The zero-order valence-corrected chi connectivity index (χ0v) is 15.3. The van der Waals surface area contributed by atoms with Crippen LogP contribution in [0.4, 0.5) is 5.69 Å². The van der Waals surface area contributed by atoms with Gasteiger partial charge in [-0.1, -0.05) is 6.07 Å². The summed E-state index contributed by atoms with van der Waals surface area (Å²) in [5.74, 6) is 0.444. The summed E-state index contributed by atoms with van der Waals surface area (Å²) in [6.07, 6.45) is 4.02. The number of furan rings is 1. The molecule has 0 unspecified atom stereocenters. The number of carbonyl (C=O) groups is 1. The lowest BCUT2D eigenvalue weighted by Crippen LogP contribution is -2.34. The molecule has 0 fully saturated rings. The summed E-state index contributed by atoms with van der Waals surface area (Å²) in [5, 5.41) is 2.58. The summed E-state index contributed by atoms with van der Waals surface area (Å²) in [4.78, 5) is 12.2. The molecule has 0 spiro atoms. The average Bonchev–Trinajstić information content (AvgIpc) is 3.22. The number of nitrogens with zero attached hydrogens (tertiary/aromatic N) is 1. The minimum atomic E-state index is -3.91. The van der Waals surface area contributed by atoms with Crippen LogP contribution < -0.4 is 4.31 Å². The Morgan fingerprint density at radius 3 is 2.72 bits per heavy atom. The number of aryl methyl sites for hydroxylation is 2. The number of hydrogen-bond acceptors (Lipinski definition) is 5. The van der Waals surface area contributed by atoms with Crippen LogP contribution in [0.25, 0.3) is 11.0 Å². The Morgan fingerprint density at radius 1 is 1.20 bits per heavy atom. The number of amides is 1. The van der Waals surface area contributed by atoms with Crippen molar-refractivity contribution in [1.82, 2.24) is 0 Å². The summed E-state index contributed by atoms with van der Waals surface area (Å²) in [6.45, 7) is 1.26. The van der Waals surface area contributed by atoms with Gasteiger partial charge >= 0.3 is 0 Å². The number of carbonyl (C=O) groups excluding carboxylic acids is 1. The van der Waals surface area contributed by atoms with Crippen molar-refractivity contribution in [3.05, 3.63) is 47.0 Å². The van der Waals surface area contributed by atoms with E-state index in [2.05, 4.69) is 0 Å². The topological polar surface area (TPSA) is 67.6 Å². The molecule has 7 heteroatoms. The van der Waals surface area contributed by atoms with Gasteiger partial charge in [0.15, 0.2) is 0 Å². The highest BCUT2D eigenvalue weighted by atomic mass is 32.2. The molecule has 1 aliphatic carbocycles. The smallest absolute Gasteiger partial charge is 0.280 e. The Labute approximate surface area is 149 Å². The van der Waals surface area contributed by atoms with Crippen molar-refractivity contribution in [2.45, 2.75) is 36.8 Å². The highest BCUT2D eigenvalue weighted by molar-refractivity contribution is 7.95. The van der Waals surface area contributed by atoms with E-state index in [9.17, 15) is 13.2 Å². The van der Waals surface area contributed by atoms with Crippen molar-refractivity contribution in [1.29, 1.82) is 0 Å². The van der Waals surface area contributed by atoms with Crippen LogP contribution in [0.3, 0.4) is 0 Å². The van der Waals surface area contributed by atoms with Crippen molar-refractivity contribution < 1.29 is 17.6 Å². The van der Waals surface area contributed by atoms with Gasteiger partial charge in [-0.25, -0.2) is 4.31 Å². The van der Waals surface area contributed by atoms with Crippen LogP contribution in [0.1, 0.15) is 31.1 Å². The monoisotopic (exact) mass is 375 g/mol. The van der Waals surface area contributed by atoms with Gasteiger partial charge in [0.25, 0.3) is 10.0 Å². The number of thiophene rings is 1. The lowest BCUT2D eigenvalue weighted by atomic mass is 9.96. The van der Waals surface area contributed by atoms with Crippen molar-refractivity contribution in [3.8, 4) is 0 Å². The van der Waals surface area contributed by atoms with Crippen LogP contribution in [0.15, 0.2) is 44.3 Å². The van der Waals surface area contributed by atoms with Gasteiger partial charge in [-0.3, -0.25) is 4.79 Å². The molecule has 3 aromatic rings. The summed E-state index contributed by atoms with van der Waals surface area (Å²) in [7, 11) is -3.91. The average molecular weight is 375 g/mol. The van der Waals surface area contributed by atoms with Crippen LogP contribution in [-0.2, 0) is 27.7 Å². The first-order valence-electron chi connectivity index (χ1n) is 8.12. The molecule has 0 saturated carbocycles. The second-order valence-corrected chi connectivity index (χ2v) is 9.07. The third-order valence-electron chi connectivity index (χ3n) is 4.45. The van der Waals surface area contributed by atoms with Crippen LogP contribution in [0.5, 0.6) is 0 Å².